The SMILES string of the molecule is CN1CCNC(C(N)c2ccc3c(c2)CC(=O)N3)C1. The van der Waals surface area contributed by atoms with Gasteiger partial charge in [0.1, 0.15) is 0 Å². The Morgan fingerprint density at radius 2 is 2.32 bits per heavy atom. The van der Waals surface area contributed by atoms with Crippen LogP contribution in [0, 0.1) is 0 Å². The Hall–Kier alpha value is -1.43. The monoisotopic (exact) mass is 260 g/mol. The zero-order chi connectivity index (χ0) is 13.4. The standard InChI is InChI=1S/C14H20N4O/c1-18-5-4-16-12(8-18)14(15)9-2-3-11-10(6-9)7-13(19)17-11/h2-3,6,12,14,16H,4-5,7-8,15H2,1H3,(H,17,19). The fourth-order valence-electron chi connectivity index (χ4n) is 2.86. The van der Waals surface area contributed by atoms with Crippen molar-refractivity contribution < 1.29 is 4.79 Å². The van der Waals surface area contributed by atoms with Crippen molar-refractivity contribution in [1.29, 1.82) is 0 Å². The molecule has 1 fully saturated rings. The van der Waals surface area contributed by atoms with Crippen molar-refractivity contribution in [2.24, 2.45) is 5.73 Å². The molecule has 1 aromatic rings. The molecule has 2 atom stereocenters. The van der Waals surface area contributed by atoms with Crippen molar-refractivity contribution in [2.75, 3.05) is 32.0 Å². The van der Waals surface area contributed by atoms with Crippen LogP contribution in [0.4, 0.5) is 5.69 Å². The number of carbonyl (C=O) groups excluding carboxylic acids is 1. The maximum Gasteiger partial charge on any atom is 0.228 e. The zero-order valence-electron chi connectivity index (χ0n) is 11.1. The number of amides is 1. The number of fused-ring (bicyclic) bond motifs is 1. The fraction of sp³-hybridized carbons (Fsp3) is 0.500. The maximum atomic E-state index is 11.4. The van der Waals surface area contributed by atoms with E-state index in [2.05, 4.69) is 28.6 Å². The fourth-order valence-corrected chi connectivity index (χ4v) is 2.86. The highest BCUT2D eigenvalue weighted by molar-refractivity contribution is 5.99. The maximum absolute atomic E-state index is 11.4. The van der Waals surface area contributed by atoms with E-state index in [1.54, 1.807) is 0 Å². The average Bonchev–Trinajstić information content (AvgIpc) is 2.76. The van der Waals surface area contributed by atoms with E-state index in [0.717, 1.165) is 36.4 Å². The number of rotatable bonds is 2. The molecular weight excluding hydrogens is 240 g/mol. The van der Waals surface area contributed by atoms with Gasteiger partial charge in [0.2, 0.25) is 5.91 Å². The number of benzene rings is 1. The number of piperazine rings is 1. The van der Waals surface area contributed by atoms with Crippen molar-refractivity contribution in [2.45, 2.75) is 18.5 Å². The van der Waals surface area contributed by atoms with E-state index in [1.165, 1.54) is 0 Å². The molecule has 0 aromatic heterocycles. The number of likely N-dealkylation sites (N-methyl/N-ethyl adjacent to an activating group) is 1. The minimum absolute atomic E-state index is 0.0382. The van der Waals surface area contributed by atoms with E-state index < -0.39 is 0 Å². The van der Waals surface area contributed by atoms with E-state index in [9.17, 15) is 4.79 Å². The van der Waals surface area contributed by atoms with Crippen LogP contribution in [0.5, 0.6) is 0 Å². The number of nitrogens with zero attached hydrogens (tertiary/aromatic N) is 1. The Morgan fingerprint density at radius 3 is 3.11 bits per heavy atom. The van der Waals surface area contributed by atoms with Crippen LogP contribution in [-0.2, 0) is 11.2 Å². The van der Waals surface area contributed by atoms with Crippen LogP contribution in [0.3, 0.4) is 0 Å². The molecule has 1 saturated heterocycles. The van der Waals surface area contributed by atoms with Gasteiger partial charge in [0, 0.05) is 37.4 Å². The number of anilines is 1. The minimum Gasteiger partial charge on any atom is -0.326 e. The molecule has 0 radical (unpaired) electrons. The lowest BCUT2D eigenvalue weighted by Gasteiger charge is -2.34. The number of hydrogen-bond acceptors (Lipinski definition) is 4. The third kappa shape index (κ3) is 2.49. The van der Waals surface area contributed by atoms with Crippen molar-refractivity contribution in [1.82, 2.24) is 10.2 Å². The van der Waals surface area contributed by atoms with Gasteiger partial charge in [-0.15, -0.1) is 0 Å². The Kier molecular flexibility index (Phi) is 3.26. The summed E-state index contributed by atoms with van der Waals surface area (Å²) in [6, 6.07) is 6.27. The van der Waals surface area contributed by atoms with Gasteiger partial charge < -0.3 is 21.3 Å². The summed E-state index contributed by atoms with van der Waals surface area (Å²) in [6.07, 6.45) is 0.466. The molecule has 2 aliphatic rings. The molecular formula is C14H20N4O. The molecule has 0 bridgehead atoms. The van der Waals surface area contributed by atoms with Crippen LogP contribution in [-0.4, -0.2) is 43.5 Å². The van der Waals surface area contributed by atoms with Gasteiger partial charge >= 0.3 is 0 Å². The first-order valence-corrected chi connectivity index (χ1v) is 6.73. The summed E-state index contributed by atoms with van der Waals surface area (Å²) in [5.41, 5.74) is 9.45. The Labute approximate surface area is 113 Å². The van der Waals surface area contributed by atoms with Gasteiger partial charge in [0.15, 0.2) is 0 Å². The highest BCUT2D eigenvalue weighted by Crippen LogP contribution is 2.27. The molecule has 2 unspecified atom stereocenters. The quantitative estimate of drug-likeness (QED) is 0.704. The van der Waals surface area contributed by atoms with Crippen LogP contribution in [0.1, 0.15) is 17.2 Å². The van der Waals surface area contributed by atoms with Gasteiger partial charge in [0.05, 0.1) is 6.42 Å². The normalized spacial score (nSPS) is 24.9. The van der Waals surface area contributed by atoms with Crippen molar-refractivity contribution in [3.63, 3.8) is 0 Å². The Morgan fingerprint density at radius 1 is 1.47 bits per heavy atom. The second kappa shape index (κ2) is 4.92. The smallest absolute Gasteiger partial charge is 0.228 e. The van der Waals surface area contributed by atoms with Crippen LogP contribution >= 0.6 is 0 Å². The van der Waals surface area contributed by atoms with Crippen LogP contribution in [0.25, 0.3) is 0 Å². The summed E-state index contributed by atoms with van der Waals surface area (Å²) in [5, 5.41) is 6.32. The minimum atomic E-state index is -0.0382. The highest BCUT2D eigenvalue weighted by Gasteiger charge is 2.25. The summed E-state index contributed by atoms with van der Waals surface area (Å²) >= 11 is 0. The molecule has 0 aliphatic carbocycles. The molecule has 0 spiro atoms. The highest BCUT2D eigenvalue weighted by atomic mass is 16.1. The molecule has 1 aromatic carbocycles. The van der Waals surface area contributed by atoms with Crippen molar-refractivity contribution in [3.05, 3.63) is 29.3 Å². The number of hydrogen-bond donors (Lipinski definition) is 3. The van der Waals surface area contributed by atoms with Gasteiger partial charge in [-0.3, -0.25) is 4.79 Å². The Bertz CT molecular complexity index is 502. The van der Waals surface area contributed by atoms with Crippen LogP contribution < -0.4 is 16.4 Å². The van der Waals surface area contributed by atoms with Gasteiger partial charge in [-0.25, -0.2) is 0 Å². The number of nitrogens with one attached hydrogen (secondary N) is 2. The first-order valence-electron chi connectivity index (χ1n) is 6.73. The summed E-state index contributed by atoms with van der Waals surface area (Å²) in [6.45, 7) is 2.99. The Balaban J connectivity index is 1.78. The first kappa shape index (κ1) is 12.6. The van der Waals surface area contributed by atoms with Gasteiger partial charge in [-0.05, 0) is 24.2 Å². The van der Waals surface area contributed by atoms with Crippen molar-refractivity contribution in [3.8, 4) is 0 Å². The van der Waals surface area contributed by atoms with Gasteiger partial charge in [0.25, 0.3) is 0 Å². The van der Waals surface area contributed by atoms with E-state index in [0.29, 0.717) is 6.42 Å². The molecule has 0 saturated carbocycles. The molecule has 5 nitrogen and oxygen atoms in total. The molecule has 2 aliphatic heterocycles. The predicted molar refractivity (Wildman–Crippen MR) is 75.0 cm³/mol. The molecule has 3 rings (SSSR count). The summed E-state index contributed by atoms with van der Waals surface area (Å²) in [5.74, 6) is 0.0660. The average molecular weight is 260 g/mol. The lowest BCUT2D eigenvalue weighted by Crippen LogP contribution is -2.53. The van der Waals surface area contributed by atoms with Gasteiger partial charge in [-0.2, -0.15) is 0 Å². The van der Waals surface area contributed by atoms with E-state index in [1.807, 2.05) is 12.1 Å². The molecule has 19 heavy (non-hydrogen) atoms. The van der Waals surface area contributed by atoms with E-state index >= 15 is 0 Å². The molecule has 4 N–H and O–H groups in total. The zero-order valence-corrected chi connectivity index (χ0v) is 11.1. The second-order valence-corrected chi connectivity index (χ2v) is 5.49. The summed E-state index contributed by atoms with van der Waals surface area (Å²) in [7, 11) is 2.12. The third-order valence-electron chi connectivity index (χ3n) is 3.98. The van der Waals surface area contributed by atoms with Crippen LogP contribution in [0.15, 0.2) is 18.2 Å². The number of nitrogens with two attached hydrogens (primary N) is 1. The van der Waals surface area contributed by atoms with Crippen LogP contribution in [0.2, 0.25) is 0 Å². The molecule has 1 amide bonds. The number of carbonyl (C=O) groups is 1. The topological polar surface area (TPSA) is 70.4 Å². The molecule has 2 heterocycles. The van der Waals surface area contributed by atoms with E-state index in [4.69, 9.17) is 5.73 Å². The lowest BCUT2D eigenvalue weighted by atomic mass is 9.96. The first-order chi connectivity index (χ1) is 9.13. The molecule has 102 valence electrons. The lowest BCUT2D eigenvalue weighted by molar-refractivity contribution is -0.115. The second-order valence-electron chi connectivity index (χ2n) is 5.49. The summed E-state index contributed by atoms with van der Waals surface area (Å²) in [4.78, 5) is 13.7. The van der Waals surface area contributed by atoms with Gasteiger partial charge in [-0.1, -0.05) is 12.1 Å². The van der Waals surface area contributed by atoms with Crippen molar-refractivity contribution >= 4 is 11.6 Å². The largest absolute Gasteiger partial charge is 0.326 e. The van der Waals surface area contributed by atoms with E-state index in [-0.39, 0.29) is 18.0 Å². The molecule has 5 heteroatoms. The predicted octanol–water partition coefficient (Wildman–Crippen LogP) is 0.0846. The third-order valence-corrected chi connectivity index (χ3v) is 3.98. The summed E-state index contributed by atoms with van der Waals surface area (Å²) < 4.78 is 0.